The number of carbonyl (C=O) groups is 1. The smallest absolute Gasteiger partial charge is 0.240 e. The number of para-hydroxylation sites is 2. The minimum Gasteiger partial charge on any atom is -0.495 e. The Bertz CT molecular complexity index is 894. The van der Waals surface area contributed by atoms with Crippen LogP contribution in [0.5, 0.6) is 5.75 Å². The molecule has 1 N–H and O–H groups in total. The molecule has 0 unspecified atom stereocenters. The Morgan fingerprint density at radius 3 is 2.42 bits per heavy atom. The van der Waals surface area contributed by atoms with Crippen LogP contribution >= 0.6 is 0 Å². The quantitative estimate of drug-likeness (QED) is 0.806. The Labute approximate surface area is 154 Å². The zero-order chi connectivity index (χ0) is 19.3. The van der Waals surface area contributed by atoms with Crippen molar-refractivity contribution in [2.24, 2.45) is 0 Å². The molecular weight excluding hydrogens is 352 g/mol. The minimum atomic E-state index is -3.64. The highest BCUT2D eigenvalue weighted by molar-refractivity contribution is 7.89. The maximum Gasteiger partial charge on any atom is 0.240 e. The van der Waals surface area contributed by atoms with Crippen LogP contribution in [0.25, 0.3) is 0 Å². The van der Waals surface area contributed by atoms with Crippen molar-refractivity contribution in [3.63, 3.8) is 0 Å². The SMILES string of the molecule is COc1ccccc1N(CCNS(=O)(=O)c1ccc(C)c(C)c1)C(C)=O. The molecule has 7 heteroatoms. The van der Waals surface area contributed by atoms with E-state index in [0.29, 0.717) is 11.4 Å². The molecule has 2 aromatic carbocycles. The van der Waals surface area contributed by atoms with Crippen molar-refractivity contribution in [3.8, 4) is 5.75 Å². The van der Waals surface area contributed by atoms with E-state index < -0.39 is 10.0 Å². The van der Waals surface area contributed by atoms with Crippen LogP contribution in [0.3, 0.4) is 0 Å². The number of nitrogens with zero attached hydrogens (tertiary/aromatic N) is 1. The summed E-state index contributed by atoms with van der Waals surface area (Å²) in [6.45, 7) is 5.52. The monoisotopic (exact) mass is 376 g/mol. The number of hydrogen-bond acceptors (Lipinski definition) is 4. The predicted molar refractivity (Wildman–Crippen MR) is 102 cm³/mol. The fraction of sp³-hybridized carbons (Fsp3) is 0.316. The lowest BCUT2D eigenvalue weighted by atomic mass is 10.1. The number of carbonyl (C=O) groups excluding carboxylic acids is 1. The molecule has 2 aromatic rings. The second-order valence-corrected chi connectivity index (χ2v) is 7.75. The molecule has 0 aromatic heterocycles. The van der Waals surface area contributed by atoms with Gasteiger partial charge >= 0.3 is 0 Å². The van der Waals surface area contributed by atoms with Crippen molar-refractivity contribution in [1.29, 1.82) is 0 Å². The van der Waals surface area contributed by atoms with Gasteiger partial charge in [-0.15, -0.1) is 0 Å². The molecule has 0 aliphatic rings. The summed E-state index contributed by atoms with van der Waals surface area (Å²) < 4.78 is 32.8. The van der Waals surface area contributed by atoms with Crippen LogP contribution in [0.4, 0.5) is 5.69 Å². The Kier molecular flexibility index (Phi) is 6.39. The van der Waals surface area contributed by atoms with E-state index in [2.05, 4.69) is 4.72 Å². The van der Waals surface area contributed by atoms with Crippen molar-refractivity contribution >= 4 is 21.6 Å². The van der Waals surface area contributed by atoms with Crippen molar-refractivity contribution in [3.05, 3.63) is 53.6 Å². The average molecular weight is 376 g/mol. The summed E-state index contributed by atoms with van der Waals surface area (Å²) in [4.78, 5) is 13.7. The second-order valence-electron chi connectivity index (χ2n) is 5.99. The number of anilines is 1. The molecule has 1 amide bonds. The molecule has 0 saturated heterocycles. The molecule has 0 aliphatic carbocycles. The number of aryl methyl sites for hydroxylation is 2. The largest absolute Gasteiger partial charge is 0.495 e. The lowest BCUT2D eigenvalue weighted by molar-refractivity contribution is -0.116. The molecule has 0 fully saturated rings. The van der Waals surface area contributed by atoms with E-state index in [9.17, 15) is 13.2 Å². The normalized spacial score (nSPS) is 11.2. The van der Waals surface area contributed by atoms with Crippen molar-refractivity contribution in [1.82, 2.24) is 4.72 Å². The molecule has 26 heavy (non-hydrogen) atoms. The van der Waals surface area contributed by atoms with Crippen LogP contribution < -0.4 is 14.4 Å². The van der Waals surface area contributed by atoms with E-state index in [1.165, 1.54) is 18.9 Å². The fourth-order valence-corrected chi connectivity index (χ4v) is 3.66. The number of sulfonamides is 1. The predicted octanol–water partition coefficient (Wildman–Crippen LogP) is 2.64. The van der Waals surface area contributed by atoms with Gasteiger partial charge in [0.1, 0.15) is 5.75 Å². The van der Waals surface area contributed by atoms with E-state index in [1.807, 2.05) is 19.9 Å². The van der Waals surface area contributed by atoms with Crippen LogP contribution in [-0.4, -0.2) is 34.5 Å². The zero-order valence-electron chi connectivity index (χ0n) is 15.4. The molecule has 140 valence electrons. The fourth-order valence-electron chi connectivity index (χ4n) is 2.56. The molecule has 0 aliphatic heterocycles. The third kappa shape index (κ3) is 4.62. The van der Waals surface area contributed by atoms with Crippen LogP contribution in [0.15, 0.2) is 47.4 Å². The number of benzene rings is 2. The number of ether oxygens (including phenoxy) is 1. The van der Waals surface area contributed by atoms with Gasteiger partial charge in [0.05, 0.1) is 17.7 Å². The summed E-state index contributed by atoms with van der Waals surface area (Å²) in [5.41, 5.74) is 2.54. The van der Waals surface area contributed by atoms with Gasteiger partial charge in [-0.3, -0.25) is 4.79 Å². The molecule has 2 rings (SSSR count). The highest BCUT2D eigenvalue weighted by Gasteiger charge is 2.18. The maximum atomic E-state index is 12.5. The van der Waals surface area contributed by atoms with Gasteiger partial charge in [0.2, 0.25) is 15.9 Å². The maximum absolute atomic E-state index is 12.5. The van der Waals surface area contributed by atoms with E-state index in [4.69, 9.17) is 4.74 Å². The van der Waals surface area contributed by atoms with Crippen molar-refractivity contribution in [2.75, 3.05) is 25.1 Å². The number of nitrogens with one attached hydrogen (secondary N) is 1. The second kappa shape index (κ2) is 8.33. The molecule has 6 nitrogen and oxygen atoms in total. The Morgan fingerprint density at radius 2 is 1.81 bits per heavy atom. The van der Waals surface area contributed by atoms with Crippen LogP contribution in [0, 0.1) is 13.8 Å². The molecule has 0 atom stereocenters. The summed E-state index contributed by atoms with van der Waals surface area (Å²) in [7, 11) is -2.11. The zero-order valence-corrected chi connectivity index (χ0v) is 16.3. The number of hydrogen-bond donors (Lipinski definition) is 1. The first-order chi connectivity index (χ1) is 12.3. The molecular formula is C19H24N2O4S. The summed E-state index contributed by atoms with van der Waals surface area (Å²) in [6.07, 6.45) is 0. The van der Waals surface area contributed by atoms with E-state index in [0.717, 1.165) is 11.1 Å². The average Bonchev–Trinajstić information content (AvgIpc) is 2.60. The van der Waals surface area contributed by atoms with Gasteiger partial charge in [-0.05, 0) is 49.2 Å². The van der Waals surface area contributed by atoms with Gasteiger partial charge in [-0.25, -0.2) is 13.1 Å². The molecule has 0 bridgehead atoms. The van der Waals surface area contributed by atoms with Crippen molar-refractivity contribution < 1.29 is 17.9 Å². The third-order valence-electron chi connectivity index (χ3n) is 4.17. The highest BCUT2D eigenvalue weighted by Crippen LogP contribution is 2.27. The van der Waals surface area contributed by atoms with Gasteiger partial charge in [0.25, 0.3) is 0 Å². The van der Waals surface area contributed by atoms with Crippen LogP contribution in [0.1, 0.15) is 18.1 Å². The van der Waals surface area contributed by atoms with E-state index in [1.54, 1.807) is 36.4 Å². The lowest BCUT2D eigenvalue weighted by Gasteiger charge is -2.23. The standard InChI is InChI=1S/C19H24N2O4S/c1-14-9-10-17(13-15(14)2)26(23,24)20-11-12-21(16(3)22)18-7-5-6-8-19(18)25-4/h5-10,13,20H,11-12H2,1-4H3. The van der Waals surface area contributed by atoms with E-state index in [-0.39, 0.29) is 23.9 Å². The van der Waals surface area contributed by atoms with Crippen LogP contribution in [0.2, 0.25) is 0 Å². The molecule has 0 spiro atoms. The minimum absolute atomic E-state index is 0.0902. The summed E-state index contributed by atoms with van der Waals surface area (Å²) in [5.74, 6) is 0.361. The van der Waals surface area contributed by atoms with Gasteiger partial charge < -0.3 is 9.64 Å². The van der Waals surface area contributed by atoms with E-state index >= 15 is 0 Å². The summed E-state index contributed by atoms with van der Waals surface area (Å²) >= 11 is 0. The highest BCUT2D eigenvalue weighted by atomic mass is 32.2. The first-order valence-electron chi connectivity index (χ1n) is 8.24. The first-order valence-corrected chi connectivity index (χ1v) is 9.72. The molecule has 0 radical (unpaired) electrons. The van der Waals surface area contributed by atoms with Crippen LogP contribution in [-0.2, 0) is 14.8 Å². The van der Waals surface area contributed by atoms with Gasteiger partial charge in [0, 0.05) is 20.0 Å². The third-order valence-corrected chi connectivity index (χ3v) is 5.63. The Morgan fingerprint density at radius 1 is 1.12 bits per heavy atom. The molecule has 0 saturated carbocycles. The van der Waals surface area contributed by atoms with Gasteiger partial charge in [-0.2, -0.15) is 0 Å². The van der Waals surface area contributed by atoms with Gasteiger partial charge in [0.15, 0.2) is 0 Å². The number of rotatable bonds is 7. The summed E-state index contributed by atoms with van der Waals surface area (Å²) in [5, 5.41) is 0. The topological polar surface area (TPSA) is 75.7 Å². The first kappa shape index (κ1) is 19.9. The molecule has 0 heterocycles. The summed E-state index contributed by atoms with van der Waals surface area (Å²) in [6, 6.07) is 12.1. The Hall–Kier alpha value is -2.38. The van der Waals surface area contributed by atoms with Crippen molar-refractivity contribution in [2.45, 2.75) is 25.7 Å². The Balaban J connectivity index is 2.12. The van der Waals surface area contributed by atoms with Gasteiger partial charge in [-0.1, -0.05) is 18.2 Å². The lowest BCUT2D eigenvalue weighted by Crippen LogP contribution is -2.37. The number of methoxy groups -OCH3 is 1. The number of amides is 1.